The van der Waals surface area contributed by atoms with E-state index in [-0.39, 0.29) is 5.91 Å². The highest BCUT2D eigenvalue weighted by molar-refractivity contribution is 5.93. The summed E-state index contributed by atoms with van der Waals surface area (Å²) < 4.78 is 0. The minimum absolute atomic E-state index is 0.297. The van der Waals surface area contributed by atoms with Gasteiger partial charge in [-0.05, 0) is 37.0 Å². The van der Waals surface area contributed by atoms with Gasteiger partial charge in [-0.1, -0.05) is 83.8 Å². The SMILES string of the molecule is CCCCCCCCCCc1ccc(C(=O)N(O)CCCCC)cc1. The zero-order valence-electron chi connectivity index (χ0n) is 16.3. The summed E-state index contributed by atoms with van der Waals surface area (Å²) in [6.07, 6.45) is 14.6. The Morgan fingerprint density at radius 3 is 1.92 bits per heavy atom. The van der Waals surface area contributed by atoms with E-state index < -0.39 is 0 Å². The van der Waals surface area contributed by atoms with E-state index in [1.54, 1.807) is 0 Å². The highest BCUT2D eigenvalue weighted by atomic mass is 16.5. The maximum absolute atomic E-state index is 12.1. The minimum atomic E-state index is -0.297. The first kappa shape index (κ1) is 21.7. The Hall–Kier alpha value is -1.35. The summed E-state index contributed by atoms with van der Waals surface area (Å²) in [7, 11) is 0. The van der Waals surface area contributed by atoms with E-state index in [0.717, 1.165) is 30.7 Å². The minimum Gasteiger partial charge on any atom is -0.286 e. The van der Waals surface area contributed by atoms with Gasteiger partial charge >= 0.3 is 0 Å². The second-order valence-corrected chi connectivity index (χ2v) is 7.06. The lowest BCUT2D eigenvalue weighted by Crippen LogP contribution is -2.28. The molecule has 3 heteroatoms. The van der Waals surface area contributed by atoms with Crippen LogP contribution >= 0.6 is 0 Å². The molecule has 0 aliphatic heterocycles. The van der Waals surface area contributed by atoms with Gasteiger partial charge in [-0.3, -0.25) is 10.0 Å². The van der Waals surface area contributed by atoms with E-state index in [2.05, 4.69) is 13.8 Å². The number of hydroxylamine groups is 2. The lowest BCUT2D eigenvalue weighted by atomic mass is 10.0. The quantitative estimate of drug-likeness (QED) is 0.240. The fourth-order valence-electron chi connectivity index (χ4n) is 3.04. The third-order valence-electron chi connectivity index (χ3n) is 4.73. The normalized spacial score (nSPS) is 10.8. The van der Waals surface area contributed by atoms with Crippen LogP contribution in [0.5, 0.6) is 0 Å². The van der Waals surface area contributed by atoms with Crippen molar-refractivity contribution in [2.24, 2.45) is 0 Å². The molecule has 1 N–H and O–H groups in total. The Kier molecular flexibility index (Phi) is 12.0. The van der Waals surface area contributed by atoms with Crippen LogP contribution in [0.25, 0.3) is 0 Å². The van der Waals surface area contributed by atoms with Crippen molar-refractivity contribution in [3.05, 3.63) is 35.4 Å². The van der Waals surface area contributed by atoms with Crippen molar-refractivity contribution in [2.45, 2.75) is 90.9 Å². The summed E-state index contributed by atoms with van der Waals surface area (Å²) in [6, 6.07) is 7.72. The number of carbonyl (C=O) groups is 1. The zero-order valence-corrected chi connectivity index (χ0v) is 16.3. The molecule has 0 bridgehead atoms. The molecule has 0 saturated carbocycles. The van der Waals surface area contributed by atoms with Crippen LogP contribution in [0.1, 0.15) is 100 Å². The van der Waals surface area contributed by atoms with Crippen molar-refractivity contribution < 1.29 is 10.0 Å². The molecule has 1 aromatic carbocycles. The summed E-state index contributed by atoms with van der Waals surface area (Å²) in [5.74, 6) is -0.297. The fourth-order valence-corrected chi connectivity index (χ4v) is 3.04. The molecule has 0 saturated heterocycles. The molecule has 3 nitrogen and oxygen atoms in total. The predicted octanol–water partition coefficient (Wildman–Crippen LogP) is 6.39. The third kappa shape index (κ3) is 9.64. The van der Waals surface area contributed by atoms with Crippen LogP contribution < -0.4 is 0 Å². The Morgan fingerprint density at radius 2 is 1.32 bits per heavy atom. The van der Waals surface area contributed by atoms with Gasteiger partial charge in [0.15, 0.2) is 0 Å². The van der Waals surface area contributed by atoms with Crippen LogP contribution in [0.2, 0.25) is 0 Å². The van der Waals surface area contributed by atoms with E-state index in [1.807, 2.05) is 24.3 Å². The average Bonchev–Trinajstić information content (AvgIpc) is 2.64. The van der Waals surface area contributed by atoms with Gasteiger partial charge < -0.3 is 0 Å². The number of benzene rings is 1. The highest BCUT2D eigenvalue weighted by Crippen LogP contribution is 2.13. The van der Waals surface area contributed by atoms with E-state index >= 15 is 0 Å². The standard InChI is InChI=1S/C22H37NO2/c1-3-5-7-8-9-10-11-12-14-20-15-17-21(18-16-20)22(24)23(25)19-13-6-4-2/h15-18,25H,3-14,19H2,1-2H3. The molecule has 1 amide bonds. The van der Waals surface area contributed by atoms with E-state index in [1.165, 1.54) is 56.9 Å². The Morgan fingerprint density at radius 1 is 0.800 bits per heavy atom. The molecule has 0 atom stereocenters. The van der Waals surface area contributed by atoms with Crippen molar-refractivity contribution in [3.63, 3.8) is 0 Å². The van der Waals surface area contributed by atoms with Crippen LogP contribution in [0.15, 0.2) is 24.3 Å². The van der Waals surface area contributed by atoms with Crippen LogP contribution in [-0.2, 0) is 6.42 Å². The van der Waals surface area contributed by atoms with Gasteiger partial charge in [-0.15, -0.1) is 0 Å². The first-order valence-electron chi connectivity index (χ1n) is 10.3. The van der Waals surface area contributed by atoms with Gasteiger partial charge in [0.2, 0.25) is 0 Å². The molecule has 0 aliphatic carbocycles. The number of amides is 1. The summed E-state index contributed by atoms with van der Waals surface area (Å²) >= 11 is 0. The van der Waals surface area contributed by atoms with Crippen LogP contribution in [0.3, 0.4) is 0 Å². The summed E-state index contributed by atoms with van der Waals surface area (Å²) in [5.41, 5.74) is 1.84. The second kappa shape index (κ2) is 13.9. The van der Waals surface area contributed by atoms with Crippen molar-refractivity contribution >= 4 is 5.91 Å². The number of hydrogen-bond donors (Lipinski definition) is 1. The number of hydrogen-bond acceptors (Lipinski definition) is 2. The molecule has 0 aromatic heterocycles. The fraction of sp³-hybridized carbons (Fsp3) is 0.682. The molecule has 1 aromatic rings. The summed E-state index contributed by atoms with van der Waals surface area (Å²) in [5, 5.41) is 10.7. The van der Waals surface area contributed by atoms with Crippen LogP contribution in [0.4, 0.5) is 0 Å². The molecule has 142 valence electrons. The van der Waals surface area contributed by atoms with Crippen molar-refractivity contribution in [1.82, 2.24) is 5.06 Å². The maximum atomic E-state index is 12.1. The van der Waals surface area contributed by atoms with Crippen molar-refractivity contribution in [1.29, 1.82) is 0 Å². The number of unbranched alkanes of at least 4 members (excludes halogenated alkanes) is 9. The second-order valence-electron chi connectivity index (χ2n) is 7.06. The number of carbonyl (C=O) groups excluding carboxylic acids is 1. The first-order valence-corrected chi connectivity index (χ1v) is 10.3. The number of aryl methyl sites for hydroxylation is 1. The van der Waals surface area contributed by atoms with Gasteiger partial charge in [0, 0.05) is 12.1 Å². The molecular formula is C22H37NO2. The summed E-state index contributed by atoms with van der Waals surface area (Å²) in [6.45, 7) is 4.77. The Balaban J connectivity index is 2.23. The zero-order chi connectivity index (χ0) is 18.3. The number of rotatable bonds is 14. The monoisotopic (exact) mass is 347 g/mol. The molecule has 0 heterocycles. The molecule has 0 aliphatic rings. The van der Waals surface area contributed by atoms with Crippen LogP contribution in [0, 0.1) is 0 Å². The van der Waals surface area contributed by atoms with E-state index in [9.17, 15) is 10.0 Å². The Labute approximate surface area is 154 Å². The predicted molar refractivity (Wildman–Crippen MR) is 105 cm³/mol. The smallest absolute Gasteiger partial charge is 0.277 e. The van der Waals surface area contributed by atoms with Gasteiger partial charge in [0.05, 0.1) is 0 Å². The van der Waals surface area contributed by atoms with Gasteiger partial charge in [0.1, 0.15) is 0 Å². The molecule has 25 heavy (non-hydrogen) atoms. The topological polar surface area (TPSA) is 40.5 Å². The molecule has 0 radical (unpaired) electrons. The highest BCUT2D eigenvalue weighted by Gasteiger charge is 2.12. The molecule has 0 unspecified atom stereocenters. The van der Waals surface area contributed by atoms with Gasteiger partial charge in [0.25, 0.3) is 5.91 Å². The van der Waals surface area contributed by atoms with Gasteiger partial charge in [-0.25, -0.2) is 5.06 Å². The average molecular weight is 348 g/mol. The molecular weight excluding hydrogens is 310 g/mol. The van der Waals surface area contributed by atoms with Gasteiger partial charge in [-0.2, -0.15) is 0 Å². The van der Waals surface area contributed by atoms with Crippen molar-refractivity contribution in [2.75, 3.05) is 6.54 Å². The largest absolute Gasteiger partial charge is 0.286 e. The third-order valence-corrected chi connectivity index (χ3v) is 4.73. The molecule has 1 rings (SSSR count). The lowest BCUT2D eigenvalue weighted by Gasteiger charge is -2.15. The van der Waals surface area contributed by atoms with Crippen LogP contribution in [-0.4, -0.2) is 22.7 Å². The molecule has 0 fully saturated rings. The first-order chi connectivity index (χ1) is 12.2. The number of nitrogens with zero attached hydrogens (tertiary/aromatic N) is 1. The van der Waals surface area contributed by atoms with E-state index in [4.69, 9.17) is 0 Å². The molecule has 0 spiro atoms. The lowest BCUT2D eigenvalue weighted by molar-refractivity contribution is -0.0588. The van der Waals surface area contributed by atoms with E-state index in [0.29, 0.717) is 12.1 Å². The van der Waals surface area contributed by atoms with Crippen molar-refractivity contribution in [3.8, 4) is 0 Å². The Bertz CT molecular complexity index is 456. The maximum Gasteiger partial charge on any atom is 0.277 e. The summed E-state index contributed by atoms with van der Waals surface area (Å²) in [4.78, 5) is 12.1.